The molecule has 8 heteroatoms. The number of carbonyl (C=O) groups excluding carboxylic acids is 1. The van der Waals surface area contributed by atoms with Crippen molar-refractivity contribution in [1.29, 1.82) is 0 Å². The zero-order valence-electron chi connectivity index (χ0n) is 17.3. The lowest BCUT2D eigenvalue weighted by Crippen LogP contribution is -2.37. The van der Waals surface area contributed by atoms with Crippen LogP contribution < -0.4 is 0 Å². The predicted molar refractivity (Wildman–Crippen MR) is 114 cm³/mol. The molecule has 0 bridgehead atoms. The van der Waals surface area contributed by atoms with Crippen LogP contribution in [0.4, 0.5) is 13.2 Å². The molecular formula is C23H24ClF3N2O2. The minimum atomic E-state index is -4.39. The van der Waals surface area contributed by atoms with Crippen molar-refractivity contribution in [1.82, 2.24) is 4.90 Å². The predicted octanol–water partition coefficient (Wildman–Crippen LogP) is 5.93. The molecule has 1 atom stereocenters. The third-order valence-corrected chi connectivity index (χ3v) is 5.18. The largest absolute Gasteiger partial charge is 0.416 e. The van der Waals surface area contributed by atoms with Gasteiger partial charge in [-0.3, -0.25) is 4.79 Å². The molecule has 0 fully saturated rings. The zero-order valence-corrected chi connectivity index (χ0v) is 18.1. The number of nitrogens with zero attached hydrogens (tertiary/aromatic N) is 2. The van der Waals surface area contributed by atoms with E-state index in [9.17, 15) is 18.0 Å². The SMILES string of the molecule is CC(C)CC(=O)N(Cc1ccc(C(F)(F)F)cc1)C[C@H]1CC(c2ccc(Cl)cc2)=NO1. The monoisotopic (exact) mass is 452 g/mol. The van der Waals surface area contributed by atoms with Crippen molar-refractivity contribution in [3.8, 4) is 0 Å². The molecule has 0 aliphatic carbocycles. The van der Waals surface area contributed by atoms with Crippen LogP contribution in [0.2, 0.25) is 5.02 Å². The zero-order chi connectivity index (χ0) is 22.6. The first-order valence-corrected chi connectivity index (χ1v) is 10.4. The highest BCUT2D eigenvalue weighted by Crippen LogP contribution is 2.29. The van der Waals surface area contributed by atoms with Crippen molar-refractivity contribution in [2.45, 2.75) is 45.5 Å². The molecule has 0 radical (unpaired) electrons. The summed E-state index contributed by atoms with van der Waals surface area (Å²) < 4.78 is 38.5. The molecule has 1 heterocycles. The van der Waals surface area contributed by atoms with Gasteiger partial charge in [0.2, 0.25) is 5.91 Å². The second-order valence-corrected chi connectivity index (χ2v) is 8.48. The number of alkyl halides is 3. The first kappa shape index (κ1) is 23.1. The highest BCUT2D eigenvalue weighted by atomic mass is 35.5. The van der Waals surface area contributed by atoms with Crippen LogP contribution in [0, 0.1) is 5.92 Å². The number of carbonyl (C=O) groups is 1. The minimum absolute atomic E-state index is 0.0709. The van der Waals surface area contributed by atoms with E-state index in [0.29, 0.717) is 30.0 Å². The van der Waals surface area contributed by atoms with E-state index in [-0.39, 0.29) is 24.5 Å². The van der Waals surface area contributed by atoms with Gasteiger partial charge in [-0.1, -0.05) is 54.9 Å². The van der Waals surface area contributed by atoms with Gasteiger partial charge in [0.25, 0.3) is 0 Å². The topological polar surface area (TPSA) is 41.9 Å². The molecule has 1 aliphatic heterocycles. The van der Waals surface area contributed by atoms with Gasteiger partial charge in [-0.25, -0.2) is 0 Å². The quantitative estimate of drug-likeness (QED) is 0.522. The maximum absolute atomic E-state index is 12.8. The fraction of sp³-hybridized carbons (Fsp3) is 0.391. The lowest BCUT2D eigenvalue weighted by molar-refractivity contribution is -0.138. The summed E-state index contributed by atoms with van der Waals surface area (Å²) >= 11 is 5.93. The van der Waals surface area contributed by atoms with E-state index < -0.39 is 11.7 Å². The van der Waals surface area contributed by atoms with Gasteiger partial charge in [-0.2, -0.15) is 13.2 Å². The molecule has 0 saturated heterocycles. The maximum Gasteiger partial charge on any atom is 0.416 e. The van der Waals surface area contributed by atoms with E-state index in [1.165, 1.54) is 12.1 Å². The first-order valence-electron chi connectivity index (χ1n) is 10.0. The molecule has 2 aromatic carbocycles. The van der Waals surface area contributed by atoms with Crippen molar-refractivity contribution in [3.05, 3.63) is 70.2 Å². The molecule has 1 aliphatic rings. The lowest BCUT2D eigenvalue weighted by Gasteiger charge is -2.26. The Kier molecular flexibility index (Phi) is 7.26. The van der Waals surface area contributed by atoms with E-state index >= 15 is 0 Å². The van der Waals surface area contributed by atoms with Crippen LogP contribution in [0.5, 0.6) is 0 Å². The number of hydrogen-bond donors (Lipinski definition) is 0. The van der Waals surface area contributed by atoms with Crippen LogP contribution in [-0.2, 0) is 22.4 Å². The molecule has 4 nitrogen and oxygen atoms in total. The van der Waals surface area contributed by atoms with E-state index in [1.807, 2.05) is 26.0 Å². The van der Waals surface area contributed by atoms with Gasteiger partial charge in [0, 0.05) is 24.4 Å². The van der Waals surface area contributed by atoms with Gasteiger partial charge >= 0.3 is 6.18 Å². The van der Waals surface area contributed by atoms with Gasteiger partial charge < -0.3 is 9.74 Å². The van der Waals surface area contributed by atoms with E-state index in [0.717, 1.165) is 23.4 Å². The van der Waals surface area contributed by atoms with Crippen LogP contribution in [-0.4, -0.2) is 29.2 Å². The Morgan fingerprint density at radius 2 is 1.81 bits per heavy atom. The summed E-state index contributed by atoms with van der Waals surface area (Å²) in [5.41, 5.74) is 1.58. The number of halogens is 4. The summed E-state index contributed by atoms with van der Waals surface area (Å²) in [6.07, 6.45) is -3.84. The molecule has 0 spiro atoms. The van der Waals surface area contributed by atoms with E-state index in [4.69, 9.17) is 16.4 Å². The number of hydrogen-bond acceptors (Lipinski definition) is 3. The summed E-state index contributed by atoms with van der Waals surface area (Å²) in [4.78, 5) is 20.0. The van der Waals surface area contributed by atoms with Crippen LogP contribution in [0.15, 0.2) is 53.7 Å². The van der Waals surface area contributed by atoms with Crippen LogP contribution in [0.1, 0.15) is 43.4 Å². The van der Waals surface area contributed by atoms with Gasteiger partial charge in [-0.15, -0.1) is 0 Å². The van der Waals surface area contributed by atoms with Crippen molar-refractivity contribution >= 4 is 23.2 Å². The van der Waals surface area contributed by atoms with Crippen LogP contribution in [0.3, 0.4) is 0 Å². The Morgan fingerprint density at radius 3 is 2.39 bits per heavy atom. The molecule has 3 rings (SSSR count). The standard InChI is InChI=1S/C23H24ClF3N2O2/c1-15(2)11-22(30)29(13-16-3-7-18(8-4-16)23(25,26)27)14-20-12-21(28-31-20)17-5-9-19(24)10-6-17/h3-10,15,20H,11-14H2,1-2H3/t20-/m1/s1. The smallest absolute Gasteiger partial charge is 0.390 e. The summed E-state index contributed by atoms with van der Waals surface area (Å²) in [6.45, 7) is 4.40. The highest BCUT2D eigenvalue weighted by Gasteiger charge is 2.30. The molecule has 0 saturated carbocycles. The third-order valence-electron chi connectivity index (χ3n) is 4.92. The van der Waals surface area contributed by atoms with Gasteiger partial charge in [0.15, 0.2) is 6.10 Å². The molecule has 0 unspecified atom stereocenters. The molecule has 2 aromatic rings. The molecule has 1 amide bonds. The van der Waals surface area contributed by atoms with E-state index in [1.54, 1.807) is 17.0 Å². The maximum atomic E-state index is 12.8. The number of rotatable bonds is 7. The summed E-state index contributed by atoms with van der Waals surface area (Å²) in [6, 6.07) is 12.1. The number of oxime groups is 1. The van der Waals surface area contributed by atoms with E-state index in [2.05, 4.69) is 5.16 Å². The number of amides is 1. The Labute approximate surface area is 184 Å². The van der Waals surface area contributed by atoms with Gasteiger partial charge in [0.05, 0.1) is 17.8 Å². The fourth-order valence-corrected chi connectivity index (χ4v) is 3.46. The molecule has 0 N–H and O–H groups in total. The normalized spacial score (nSPS) is 16.2. The second-order valence-electron chi connectivity index (χ2n) is 8.04. The van der Waals surface area contributed by atoms with Crippen LogP contribution in [0.25, 0.3) is 0 Å². The molecule has 31 heavy (non-hydrogen) atoms. The third kappa shape index (κ3) is 6.47. The number of benzene rings is 2. The second kappa shape index (κ2) is 9.73. The van der Waals surface area contributed by atoms with Crippen molar-refractivity contribution in [2.75, 3.05) is 6.54 Å². The Bertz CT molecular complexity index is 925. The molecule has 166 valence electrons. The summed E-state index contributed by atoms with van der Waals surface area (Å²) in [5, 5.41) is 4.77. The summed E-state index contributed by atoms with van der Waals surface area (Å²) in [5.74, 6) is 0.0893. The molecular weight excluding hydrogens is 429 g/mol. The van der Waals surface area contributed by atoms with Crippen molar-refractivity contribution in [2.24, 2.45) is 11.1 Å². The van der Waals surface area contributed by atoms with Crippen molar-refractivity contribution in [3.63, 3.8) is 0 Å². The highest BCUT2D eigenvalue weighted by molar-refractivity contribution is 6.30. The Hall–Kier alpha value is -2.54. The Morgan fingerprint density at radius 1 is 1.16 bits per heavy atom. The summed E-state index contributed by atoms with van der Waals surface area (Å²) in [7, 11) is 0. The van der Waals surface area contributed by atoms with Gasteiger partial charge in [-0.05, 0) is 41.3 Å². The average molecular weight is 453 g/mol. The average Bonchev–Trinajstić information content (AvgIpc) is 3.16. The van der Waals surface area contributed by atoms with Crippen LogP contribution >= 0.6 is 11.6 Å². The van der Waals surface area contributed by atoms with Gasteiger partial charge in [0.1, 0.15) is 0 Å². The van der Waals surface area contributed by atoms with Crippen molar-refractivity contribution < 1.29 is 22.8 Å². The lowest BCUT2D eigenvalue weighted by atomic mass is 10.0. The molecule has 0 aromatic heterocycles. The fourth-order valence-electron chi connectivity index (χ4n) is 3.34. The first-order chi connectivity index (χ1) is 14.6. The minimum Gasteiger partial charge on any atom is -0.390 e. The Balaban J connectivity index is 1.68.